The van der Waals surface area contributed by atoms with Crippen LogP contribution in [0.3, 0.4) is 0 Å². The van der Waals surface area contributed by atoms with Crippen molar-refractivity contribution in [2.24, 2.45) is 0 Å². The molecule has 1 aromatic rings. The van der Waals surface area contributed by atoms with Crippen LogP contribution in [0.5, 0.6) is 0 Å². The summed E-state index contributed by atoms with van der Waals surface area (Å²) in [6.07, 6.45) is -0.477. The van der Waals surface area contributed by atoms with Crippen molar-refractivity contribution >= 4 is 24.7 Å². The van der Waals surface area contributed by atoms with Crippen molar-refractivity contribution in [2.45, 2.75) is 65.4 Å². The van der Waals surface area contributed by atoms with E-state index < -0.39 is 24.2 Å². The minimum atomic E-state index is -1.74. The predicted molar refractivity (Wildman–Crippen MR) is 125 cm³/mol. The fourth-order valence-electron chi connectivity index (χ4n) is 4.13. The number of nitro groups is 1. The number of non-ortho nitro benzene ring substituents is 1. The number of anilines is 1. The van der Waals surface area contributed by atoms with E-state index in [-0.39, 0.29) is 23.6 Å². The largest absolute Gasteiger partial charge is 0.493 e. The van der Waals surface area contributed by atoms with Gasteiger partial charge in [0, 0.05) is 19.4 Å². The zero-order chi connectivity index (χ0) is 23.9. The van der Waals surface area contributed by atoms with Crippen molar-refractivity contribution in [3.63, 3.8) is 0 Å². The lowest BCUT2D eigenvalue weighted by Crippen LogP contribution is -2.33. The Labute approximate surface area is 185 Å². The number of aliphatic hydroxyl groups is 1. The topological polar surface area (TPSA) is 117 Å². The fraction of sp³-hybridized carbons (Fsp3) is 0.545. The highest BCUT2D eigenvalue weighted by atomic mass is 31.2. The minimum Gasteiger partial charge on any atom is -0.493 e. The number of hydrogen-bond acceptors (Lipinski definition) is 6. The quantitative estimate of drug-likeness (QED) is 0.160. The first-order valence-corrected chi connectivity index (χ1v) is 12.5. The lowest BCUT2D eigenvalue weighted by molar-refractivity contribution is -0.384. The Morgan fingerprint density at radius 1 is 1.16 bits per heavy atom. The van der Waals surface area contributed by atoms with Crippen LogP contribution in [0.25, 0.3) is 0 Å². The van der Waals surface area contributed by atoms with Crippen LogP contribution >= 0.6 is 7.26 Å². The Hall–Kier alpha value is -2.65. The third kappa shape index (κ3) is 5.74. The summed E-state index contributed by atoms with van der Waals surface area (Å²) < 4.78 is 5.08. The van der Waals surface area contributed by atoms with Crippen LogP contribution in [0.2, 0.25) is 0 Å². The van der Waals surface area contributed by atoms with Gasteiger partial charge in [-0.25, -0.2) is 9.69 Å². The van der Waals surface area contributed by atoms with Gasteiger partial charge in [0.25, 0.3) is 5.69 Å². The second-order valence-corrected chi connectivity index (χ2v) is 13.6. The molecule has 170 valence electrons. The maximum atomic E-state index is 12.7. The molecule has 1 rings (SSSR count). The number of carbonyl (C=O) groups excluding carboxylic acids is 1. The number of nitro benzene ring substituents is 1. The van der Waals surface area contributed by atoms with Crippen LogP contribution in [-0.2, 0) is 4.74 Å². The molecule has 9 heteroatoms. The number of nitriles is 1. The number of hydrogen-bond donors (Lipinski definition) is 1. The summed E-state index contributed by atoms with van der Waals surface area (Å²) in [6, 6.07) is 7.25. The average Bonchev–Trinajstić information content (AvgIpc) is 2.68. The summed E-state index contributed by atoms with van der Waals surface area (Å²) in [4.78, 5) is 24.0. The molecular formula is C22H33N3O5P+. The first-order chi connectivity index (χ1) is 14.4. The molecule has 0 atom stereocenters. The van der Waals surface area contributed by atoms with Crippen molar-refractivity contribution in [1.82, 2.24) is 0 Å². The van der Waals surface area contributed by atoms with Gasteiger partial charge in [-0.3, -0.25) is 10.1 Å². The van der Waals surface area contributed by atoms with Crippen LogP contribution in [0, 0.1) is 21.4 Å². The van der Waals surface area contributed by atoms with Crippen molar-refractivity contribution in [3.05, 3.63) is 45.8 Å². The number of ether oxygens (including phenoxy) is 1. The molecule has 31 heavy (non-hydrogen) atoms. The van der Waals surface area contributed by atoms with Crippen LogP contribution in [0.4, 0.5) is 16.2 Å². The predicted octanol–water partition coefficient (Wildman–Crippen LogP) is 6.09. The van der Waals surface area contributed by atoms with E-state index in [1.54, 1.807) is 6.92 Å². The molecule has 0 radical (unpaired) electrons. The maximum Gasteiger partial charge on any atom is 0.421 e. The van der Waals surface area contributed by atoms with Gasteiger partial charge in [-0.15, -0.1) is 0 Å². The van der Waals surface area contributed by atoms with Crippen molar-refractivity contribution in [3.8, 4) is 6.07 Å². The molecule has 0 saturated carbocycles. The van der Waals surface area contributed by atoms with Crippen LogP contribution in [0.15, 0.2) is 35.7 Å². The number of carbonyl (C=O) groups is 1. The number of allylic oxidation sites excluding steroid dienone is 1. The molecule has 0 spiro atoms. The highest BCUT2D eigenvalue weighted by molar-refractivity contribution is 7.77. The highest BCUT2D eigenvalue weighted by Crippen LogP contribution is 2.71. The molecule has 0 saturated heterocycles. The van der Waals surface area contributed by atoms with E-state index in [2.05, 4.69) is 47.6 Å². The van der Waals surface area contributed by atoms with Crippen molar-refractivity contribution in [2.75, 3.05) is 17.7 Å². The van der Waals surface area contributed by atoms with Gasteiger partial charge in [0.1, 0.15) is 17.8 Å². The maximum absolute atomic E-state index is 12.7. The summed E-state index contributed by atoms with van der Waals surface area (Å²) in [5, 5.41) is 31.9. The summed E-state index contributed by atoms with van der Waals surface area (Å²) in [7, 11) is -1.74. The van der Waals surface area contributed by atoms with Gasteiger partial charge >= 0.3 is 6.09 Å². The SMILES string of the molecule is CCOC(=O)N(/C(O)=C(\C#N)C[P+](C(C)C)(C(C)C)C(C)C)c1ccc([N+](=O)[O-])cc1. The molecule has 0 heterocycles. The van der Waals surface area contributed by atoms with Gasteiger partial charge < -0.3 is 9.84 Å². The summed E-state index contributed by atoms with van der Waals surface area (Å²) >= 11 is 0. The molecule has 1 N–H and O–H groups in total. The van der Waals surface area contributed by atoms with E-state index in [4.69, 9.17) is 4.74 Å². The van der Waals surface area contributed by atoms with E-state index in [1.807, 2.05) is 0 Å². The summed E-state index contributed by atoms with van der Waals surface area (Å²) in [5.41, 5.74) is 1.09. The second kappa shape index (κ2) is 11.1. The van der Waals surface area contributed by atoms with Crippen LogP contribution < -0.4 is 4.90 Å². The molecule has 0 aliphatic heterocycles. The van der Waals surface area contributed by atoms with E-state index >= 15 is 0 Å². The molecule has 0 bridgehead atoms. The third-order valence-corrected chi connectivity index (χ3v) is 12.3. The minimum absolute atomic E-state index is 0.0679. The van der Waals surface area contributed by atoms with E-state index in [9.17, 15) is 25.3 Å². The first kappa shape index (κ1) is 26.4. The Morgan fingerprint density at radius 3 is 2.00 bits per heavy atom. The number of aliphatic hydroxyl groups excluding tert-OH is 1. The van der Waals surface area contributed by atoms with Gasteiger partial charge in [-0.05, 0) is 60.6 Å². The van der Waals surface area contributed by atoms with Crippen LogP contribution in [-0.4, -0.2) is 45.9 Å². The van der Waals surface area contributed by atoms with Crippen LogP contribution in [0.1, 0.15) is 48.5 Å². The third-order valence-electron chi connectivity index (χ3n) is 5.70. The molecule has 0 aliphatic carbocycles. The van der Waals surface area contributed by atoms with Gasteiger partial charge in [0.05, 0.1) is 34.2 Å². The van der Waals surface area contributed by atoms with Crippen molar-refractivity contribution < 1.29 is 19.6 Å². The Balaban J connectivity index is 3.62. The van der Waals surface area contributed by atoms with Crippen molar-refractivity contribution in [1.29, 1.82) is 5.26 Å². The summed E-state index contributed by atoms with van der Waals surface area (Å²) in [6.45, 7) is 14.5. The van der Waals surface area contributed by atoms with Gasteiger partial charge in [-0.2, -0.15) is 5.26 Å². The Morgan fingerprint density at radius 2 is 1.65 bits per heavy atom. The highest BCUT2D eigenvalue weighted by Gasteiger charge is 2.49. The van der Waals surface area contributed by atoms with E-state index in [0.717, 1.165) is 4.90 Å². The number of nitrogens with zero attached hydrogens (tertiary/aromatic N) is 3. The average molecular weight is 450 g/mol. The number of benzene rings is 1. The first-order valence-electron chi connectivity index (χ1n) is 10.3. The molecule has 0 aromatic heterocycles. The zero-order valence-corrected chi connectivity index (χ0v) is 20.2. The molecule has 0 aliphatic rings. The molecule has 1 aromatic carbocycles. The lowest BCUT2D eigenvalue weighted by atomic mass is 10.2. The van der Waals surface area contributed by atoms with Gasteiger partial charge in [0.2, 0.25) is 5.88 Å². The lowest BCUT2D eigenvalue weighted by Gasteiger charge is -2.38. The smallest absolute Gasteiger partial charge is 0.421 e. The van der Waals surface area contributed by atoms with Gasteiger partial charge in [-0.1, -0.05) is 0 Å². The monoisotopic (exact) mass is 450 g/mol. The number of rotatable bonds is 9. The fourth-order valence-corrected chi connectivity index (χ4v) is 9.56. The molecule has 8 nitrogen and oxygen atoms in total. The Bertz CT molecular complexity index is 835. The van der Waals surface area contributed by atoms with E-state index in [1.165, 1.54) is 24.3 Å². The number of amides is 1. The Kier molecular flexibility index (Phi) is 9.45. The molecule has 1 amide bonds. The zero-order valence-electron chi connectivity index (χ0n) is 19.3. The molecular weight excluding hydrogens is 417 g/mol. The molecule has 0 unspecified atom stereocenters. The normalized spacial score (nSPS) is 12.5. The summed E-state index contributed by atoms with van der Waals surface area (Å²) in [5.74, 6) is -0.499. The van der Waals surface area contributed by atoms with E-state index in [0.29, 0.717) is 23.1 Å². The standard InChI is InChI=1S/C22H32N3O5P/c1-8-30-22(27)24(19-9-11-20(12-10-19)25(28)29)21(26)18(13-23)14-31(15(2)3,16(4)5)17(6)7/h9-12,15-17H,8,14H2,1-7H3/p+1/b21-18-. The second-order valence-electron chi connectivity index (χ2n) is 8.16. The van der Waals surface area contributed by atoms with Gasteiger partial charge in [0.15, 0.2) is 0 Å². The molecule has 0 fully saturated rings.